The van der Waals surface area contributed by atoms with Crippen LogP contribution in [0.5, 0.6) is 0 Å². The van der Waals surface area contributed by atoms with Gasteiger partial charge in [0.15, 0.2) is 9.84 Å². The van der Waals surface area contributed by atoms with Gasteiger partial charge in [-0.25, -0.2) is 17.2 Å². The monoisotopic (exact) mass is 579 g/mol. The standard InChI is InChI=1S/C25H30F5N3O5S/c26-19-10-17(11-20(27)13-19)12-21(33-24(36)6-8-39(37,38)7-2-5-23(31)35)22(34)15-32-14-16-3-1-4-18(9-16)25(28,29)30/h1,3-4,9-11,13,21-22,32,34H,2,5-8,12,14-15H2,(H2,31,35)(H,33,36). The van der Waals surface area contributed by atoms with E-state index in [1.807, 2.05) is 0 Å². The summed E-state index contributed by atoms with van der Waals surface area (Å²) < 4.78 is 90.4. The second-order valence-corrected chi connectivity index (χ2v) is 11.3. The van der Waals surface area contributed by atoms with Gasteiger partial charge in [-0.2, -0.15) is 13.2 Å². The van der Waals surface area contributed by atoms with Gasteiger partial charge in [0.05, 0.1) is 29.2 Å². The van der Waals surface area contributed by atoms with Crippen LogP contribution in [0.3, 0.4) is 0 Å². The molecule has 5 N–H and O–H groups in total. The first-order valence-electron chi connectivity index (χ1n) is 11.9. The molecule has 0 aliphatic heterocycles. The third-order valence-electron chi connectivity index (χ3n) is 5.64. The Morgan fingerprint density at radius 1 is 0.974 bits per heavy atom. The van der Waals surface area contributed by atoms with Gasteiger partial charge in [-0.3, -0.25) is 9.59 Å². The number of aliphatic hydroxyl groups excluding tert-OH is 1. The molecule has 2 amide bonds. The highest BCUT2D eigenvalue weighted by atomic mass is 32.2. The summed E-state index contributed by atoms with van der Waals surface area (Å²) in [5.41, 5.74) is 4.53. The number of carbonyl (C=O) groups is 2. The molecular formula is C25H30F5N3O5S. The lowest BCUT2D eigenvalue weighted by Gasteiger charge is -2.25. The van der Waals surface area contributed by atoms with Gasteiger partial charge in [0, 0.05) is 32.0 Å². The molecule has 2 aromatic carbocycles. The lowest BCUT2D eigenvalue weighted by Crippen LogP contribution is -2.49. The maximum Gasteiger partial charge on any atom is 0.416 e. The maximum absolute atomic E-state index is 13.7. The van der Waals surface area contributed by atoms with Crippen molar-refractivity contribution in [1.82, 2.24) is 10.6 Å². The molecule has 0 aliphatic carbocycles. The fourth-order valence-corrected chi connectivity index (χ4v) is 5.01. The fourth-order valence-electron chi connectivity index (χ4n) is 3.73. The number of primary amides is 1. The minimum absolute atomic E-state index is 0.00328. The van der Waals surface area contributed by atoms with Gasteiger partial charge in [-0.1, -0.05) is 18.2 Å². The van der Waals surface area contributed by atoms with Crippen molar-refractivity contribution in [2.45, 2.75) is 50.6 Å². The Kier molecular flexibility index (Phi) is 11.8. The smallest absolute Gasteiger partial charge is 0.390 e. The van der Waals surface area contributed by atoms with Crippen LogP contribution in [-0.4, -0.2) is 55.5 Å². The van der Waals surface area contributed by atoms with E-state index < -0.39 is 69.3 Å². The predicted molar refractivity (Wildman–Crippen MR) is 133 cm³/mol. The van der Waals surface area contributed by atoms with Crippen LogP contribution in [-0.2, 0) is 38.6 Å². The number of benzene rings is 2. The van der Waals surface area contributed by atoms with E-state index in [2.05, 4.69) is 10.6 Å². The van der Waals surface area contributed by atoms with Crippen LogP contribution in [0.15, 0.2) is 42.5 Å². The Hall–Kier alpha value is -3.10. The molecule has 0 spiro atoms. The van der Waals surface area contributed by atoms with E-state index in [4.69, 9.17) is 5.73 Å². The summed E-state index contributed by atoms with van der Waals surface area (Å²) in [7, 11) is -3.68. The minimum atomic E-state index is -4.53. The highest BCUT2D eigenvalue weighted by Gasteiger charge is 2.30. The highest BCUT2D eigenvalue weighted by molar-refractivity contribution is 7.91. The van der Waals surface area contributed by atoms with Crippen molar-refractivity contribution in [2.75, 3.05) is 18.1 Å². The largest absolute Gasteiger partial charge is 0.416 e. The lowest BCUT2D eigenvalue weighted by molar-refractivity contribution is -0.137. The number of hydrogen-bond donors (Lipinski definition) is 4. The number of nitrogens with one attached hydrogen (secondary N) is 2. The fraction of sp³-hybridized carbons (Fsp3) is 0.440. The number of hydrogen-bond acceptors (Lipinski definition) is 6. The Balaban J connectivity index is 2.04. The molecule has 2 rings (SSSR count). The van der Waals surface area contributed by atoms with Gasteiger partial charge >= 0.3 is 6.18 Å². The van der Waals surface area contributed by atoms with Crippen LogP contribution in [0.4, 0.5) is 22.0 Å². The Morgan fingerprint density at radius 2 is 1.64 bits per heavy atom. The molecule has 0 saturated heterocycles. The first-order chi connectivity index (χ1) is 18.1. The Morgan fingerprint density at radius 3 is 2.26 bits per heavy atom. The molecule has 2 aromatic rings. The topological polar surface area (TPSA) is 139 Å². The summed E-state index contributed by atoms with van der Waals surface area (Å²) >= 11 is 0. The average Bonchev–Trinajstić information content (AvgIpc) is 2.81. The summed E-state index contributed by atoms with van der Waals surface area (Å²) in [6.45, 7) is -0.274. The second kappa shape index (κ2) is 14.3. The Labute approximate surface area is 222 Å². The molecule has 14 heteroatoms. The first kappa shape index (κ1) is 32.1. The molecule has 216 valence electrons. The molecule has 2 unspecified atom stereocenters. The molecule has 0 heterocycles. The van der Waals surface area contributed by atoms with E-state index in [1.54, 1.807) is 0 Å². The summed E-state index contributed by atoms with van der Waals surface area (Å²) in [6, 6.07) is 6.09. The Bertz CT molecular complexity index is 1220. The number of alkyl halides is 3. The molecule has 39 heavy (non-hydrogen) atoms. The summed E-state index contributed by atoms with van der Waals surface area (Å²) in [4.78, 5) is 23.3. The van der Waals surface area contributed by atoms with E-state index in [9.17, 15) is 45.1 Å². The van der Waals surface area contributed by atoms with E-state index >= 15 is 0 Å². The van der Waals surface area contributed by atoms with E-state index in [0.717, 1.165) is 24.3 Å². The van der Waals surface area contributed by atoms with Crippen molar-refractivity contribution in [3.05, 3.63) is 70.8 Å². The molecule has 0 saturated carbocycles. The van der Waals surface area contributed by atoms with Crippen LogP contribution < -0.4 is 16.4 Å². The van der Waals surface area contributed by atoms with Gasteiger partial charge < -0.3 is 21.5 Å². The van der Waals surface area contributed by atoms with Crippen molar-refractivity contribution in [1.29, 1.82) is 0 Å². The molecule has 0 fully saturated rings. The normalized spacial score (nSPS) is 13.6. The van der Waals surface area contributed by atoms with Crippen molar-refractivity contribution >= 4 is 21.7 Å². The van der Waals surface area contributed by atoms with Crippen LogP contribution in [0, 0.1) is 11.6 Å². The van der Waals surface area contributed by atoms with Crippen LogP contribution in [0.25, 0.3) is 0 Å². The van der Waals surface area contributed by atoms with Crippen molar-refractivity contribution in [2.24, 2.45) is 5.73 Å². The summed E-state index contributed by atoms with van der Waals surface area (Å²) in [6.07, 6.45) is -6.71. The van der Waals surface area contributed by atoms with Gasteiger partial charge in [-0.05, 0) is 42.2 Å². The number of rotatable bonds is 15. The van der Waals surface area contributed by atoms with Crippen molar-refractivity contribution in [3.63, 3.8) is 0 Å². The molecule has 2 atom stereocenters. The van der Waals surface area contributed by atoms with Crippen molar-refractivity contribution in [3.8, 4) is 0 Å². The third-order valence-corrected chi connectivity index (χ3v) is 7.38. The lowest BCUT2D eigenvalue weighted by atomic mass is 10.0. The van der Waals surface area contributed by atoms with Gasteiger partial charge in [0.2, 0.25) is 11.8 Å². The number of halogens is 5. The number of sulfone groups is 1. The highest BCUT2D eigenvalue weighted by Crippen LogP contribution is 2.29. The number of nitrogens with two attached hydrogens (primary N) is 1. The number of carbonyl (C=O) groups excluding carboxylic acids is 2. The van der Waals surface area contributed by atoms with E-state index in [0.29, 0.717) is 6.07 Å². The zero-order valence-corrected chi connectivity index (χ0v) is 21.6. The quantitative estimate of drug-likeness (QED) is 0.239. The van der Waals surface area contributed by atoms with E-state index in [1.165, 1.54) is 12.1 Å². The molecule has 0 aromatic heterocycles. The number of amides is 2. The molecular weight excluding hydrogens is 549 g/mol. The minimum Gasteiger partial charge on any atom is -0.390 e. The van der Waals surface area contributed by atoms with Crippen LogP contribution >= 0.6 is 0 Å². The SMILES string of the molecule is NC(=O)CCCS(=O)(=O)CCC(=O)NC(Cc1cc(F)cc(F)c1)C(O)CNCc1cccc(C(F)(F)F)c1. The van der Waals surface area contributed by atoms with Gasteiger partial charge in [0.1, 0.15) is 11.6 Å². The summed E-state index contributed by atoms with van der Waals surface area (Å²) in [5, 5.41) is 16.0. The van der Waals surface area contributed by atoms with Gasteiger partial charge in [0.25, 0.3) is 0 Å². The van der Waals surface area contributed by atoms with Crippen molar-refractivity contribution < 1.29 is 45.1 Å². The molecule has 0 radical (unpaired) electrons. The molecule has 0 bridgehead atoms. The second-order valence-electron chi connectivity index (χ2n) is 9.02. The van der Waals surface area contributed by atoms with E-state index in [-0.39, 0.29) is 49.2 Å². The summed E-state index contributed by atoms with van der Waals surface area (Å²) in [5.74, 6) is -4.06. The van der Waals surface area contributed by atoms with Crippen LogP contribution in [0.2, 0.25) is 0 Å². The molecule has 8 nitrogen and oxygen atoms in total. The maximum atomic E-state index is 13.7. The average molecular weight is 580 g/mol. The van der Waals surface area contributed by atoms with Crippen LogP contribution in [0.1, 0.15) is 36.0 Å². The first-order valence-corrected chi connectivity index (χ1v) is 13.7. The predicted octanol–water partition coefficient (Wildman–Crippen LogP) is 2.23. The zero-order valence-electron chi connectivity index (χ0n) is 20.8. The van der Waals surface area contributed by atoms with Gasteiger partial charge in [-0.15, -0.1) is 0 Å². The zero-order chi connectivity index (χ0) is 29.2. The third kappa shape index (κ3) is 12.1. The number of aliphatic hydroxyl groups is 1. The molecule has 0 aliphatic rings.